The number of amides is 1. The molecule has 0 aliphatic carbocycles. The van der Waals surface area contributed by atoms with E-state index in [-0.39, 0.29) is 5.91 Å². The summed E-state index contributed by atoms with van der Waals surface area (Å²) in [5, 5.41) is 2.97. The number of hydrogen-bond acceptors (Lipinski definition) is 3. The zero-order valence-electron chi connectivity index (χ0n) is 14.8. The number of benzene rings is 1. The number of pyridine rings is 1. The molecule has 4 nitrogen and oxygen atoms in total. The summed E-state index contributed by atoms with van der Waals surface area (Å²) in [6, 6.07) is 12.2. The first kappa shape index (κ1) is 18.0. The average molecular weight is 325 g/mol. The molecule has 2 aromatic rings. The first-order valence-electron chi connectivity index (χ1n) is 8.62. The van der Waals surface area contributed by atoms with Gasteiger partial charge in [-0.3, -0.25) is 9.78 Å². The van der Waals surface area contributed by atoms with Crippen molar-refractivity contribution in [2.24, 2.45) is 5.92 Å². The van der Waals surface area contributed by atoms with Crippen molar-refractivity contribution in [3.63, 3.8) is 0 Å². The van der Waals surface area contributed by atoms with E-state index in [1.54, 1.807) is 6.20 Å². The summed E-state index contributed by atoms with van der Waals surface area (Å²) >= 11 is 0. The lowest BCUT2D eigenvalue weighted by atomic mass is 10.1. The van der Waals surface area contributed by atoms with Crippen molar-refractivity contribution in [1.29, 1.82) is 0 Å². The molecule has 4 heteroatoms. The van der Waals surface area contributed by atoms with E-state index in [2.05, 4.69) is 48.1 Å². The SMILES string of the molecule is CCN(Cc1ccccc1)c1cncc(C(=O)NCCC(C)C)c1. The third-order valence-electron chi connectivity index (χ3n) is 3.96. The van der Waals surface area contributed by atoms with Crippen LogP contribution in [-0.2, 0) is 6.54 Å². The Morgan fingerprint density at radius 3 is 2.62 bits per heavy atom. The zero-order chi connectivity index (χ0) is 17.4. The molecule has 1 heterocycles. The fourth-order valence-corrected chi connectivity index (χ4v) is 2.49. The van der Waals surface area contributed by atoms with Gasteiger partial charge in [0.25, 0.3) is 5.91 Å². The Bertz CT molecular complexity index is 640. The number of carbonyl (C=O) groups is 1. The maximum Gasteiger partial charge on any atom is 0.252 e. The Kier molecular flexibility index (Phi) is 6.79. The van der Waals surface area contributed by atoms with E-state index in [1.807, 2.05) is 30.5 Å². The van der Waals surface area contributed by atoms with Gasteiger partial charge in [0, 0.05) is 25.8 Å². The molecule has 0 bridgehead atoms. The van der Waals surface area contributed by atoms with Crippen LogP contribution in [0.2, 0.25) is 0 Å². The molecular formula is C20H27N3O. The normalized spacial score (nSPS) is 10.7. The monoisotopic (exact) mass is 325 g/mol. The Hall–Kier alpha value is -2.36. The molecule has 0 saturated heterocycles. The number of nitrogens with zero attached hydrogens (tertiary/aromatic N) is 2. The summed E-state index contributed by atoms with van der Waals surface area (Å²) in [7, 11) is 0. The third kappa shape index (κ3) is 5.37. The van der Waals surface area contributed by atoms with Crippen molar-refractivity contribution in [2.75, 3.05) is 18.0 Å². The van der Waals surface area contributed by atoms with Gasteiger partial charge in [0.05, 0.1) is 17.4 Å². The van der Waals surface area contributed by atoms with E-state index >= 15 is 0 Å². The van der Waals surface area contributed by atoms with Gasteiger partial charge in [-0.2, -0.15) is 0 Å². The van der Waals surface area contributed by atoms with Crippen molar-refractivity contribution in [2.45, 2.75) is 33.7 Å². The van der Waals surface area contributed by atoms with Crippen LogP contribution < -0.4 is 10.2 Å². The summed E-state index contributed by atoms with van der Waals surface area (Å²) in [6.07, 6.45) is 4.43. The number of rotatable bonds is 8. The van der Waals surface area contributed by atoms with E-state index < -0.39 is 0 Å². The lowest BCUT2D eigenvalue weighted by Crippen LogP contribution is -2.26. The lowest BCUT2D eigenvalue weighted by Gasteiger charge is -2.23. The second-order valence-corrected chi connectivity index (χ2v) is 6.37. The molecule has 1 aromatic heterocycles. The van der Waals surface area contributed by atoms with Gasteiger partial charge in [0.1, 0.15) is 0 Å². The highest BCUT2D eigenvalue weighted by Crippen LogP contribution is 2.17. The van der Waals surface area contributed by atoms with Gasteiger partial charge in [0.2, 0.25) is 0 Å². The standard InChI is InChI=1S/C20H27N3O/c1-4-23(15-17-8-6-5-7-9-17)19-12-18(13-21-14-19)20(24)22-11-10-16(2)3/h5-9,12-14,16H,4,10-11,15H2,1-3H3,(H,22,24). The van der Waals surface area contributed by atoms with Gasteiger partial charge in [0.15, 0.2) is 0 Å². The van der Waals surface area contributed by atoms with Crippen LogP contribution in [0.5, 0.6) is 0 Å². The van der Waals surface area contributed by atoms with E-state index in [0.29, 0.717) is 18.0 Å². The molecule has 2 rings (SSSR count). The van der Waals surface area contributed by atoms with Crippen LogP contribution >= 0.6 is 0 Å². The second-order valence-electron chi connectivity index (χ2n) is 6.37. The van der Waals surface area contributed by atoms with Gasteiger partial charge >= 0.3 is 0 Å². The van der Waals surface area contributed by atoms with Crippen LogP contribution in [0.4, 0.5) is 5.69 Å². The molecule has 1 N–H and O–H groups in total. The minimum Gasteiger partial charge on any atom is -0.366 e. The van der Waals surface area contributed by atoms with Crippen LogP contribution in [0.3, 0.4) is 0 Å². The molecular weight excluding hydrogens is 298 g/mol. The van der Waals surface area contributed by atoms with E-state index in [0.717, 1.165) is 25.2 Å². The van der Waals surface area contributed by atoms with Crippen LogP contribution in [-0.4, -0.2) is 24.0 Å². The molecule has 0 radical (unpaired) electrons. The maximum absolute atomic E-state index is 12.3. The van der Waals surface area contributed by atoms with Gasteiger partial charge in [-0.1, -0.05) is 44.2 Å². The van der Waals surface area contributed by atoms with E-state index in [9.17, 15) is 4.79 Å². The summed E-state index contributed by atoms with van der Waals surface area (Å²) in [5.74, 6) is 0.525. The molecule has 0 aliphatic heterocycles. The number of hydrogen-bond donors (Lipinski definition) is 1. The highest BCUT2D eigenvalue weighted by Gasteiger charge is 2.11. The minimum absolute atomic E-state index is 0.0548. The molecule has 0 saturated carbocycles. The lowest BCUT2D eigenvalue weighted by molar-refractivity contribution is 0.0951. The number of aromatic nitrogens is 1. The van der Waals surface area contributed by atoms with Crippen molar-refractivity contribution in [3.8, 4) is 0 Å². The highest BCUT2D eigenvalue weighted by atomic mass is 16.1. The number of nitrogens with one attached hydrogen (secondary N) is 1. The van der Waals surface area contributed by atoms with Crippen molar-refractivity contribution in [3.05, 3.63) is 59.9 Å². The summed E-state index contributed by atoms with van der Waals surface area (Å²) in [6.45, 7) is 8.76. The van der Waals surface area contributed by atoms with Gasteiger partial charge in [-0.15, -0.1) is 0 Å². The van der Waals surface area contributed by atoms with Crippen LogP contribution in [0.25, 0.3) is 0 Å². The molecule has 0 fully saturated rings. The molecule has 24 heavy (non-hydrogen) atoms. The summed E-state index contributed by atoms with van der Waals surface area (Å²) < 4.78 is 0. The van der Waals surface area contributed by atoms with E-state index in [4.69, 9.17) is 0 Å². The molecule has 0 atom stereocenters. The largest absolute Gasteiger partial charge is 0.366 e. The molecule has 1 aromatic carbocycles. The predicted molar refractivity (Wildman–Crippen MR) is 99.2 cm³/mol. The summed E-state index contributed by atoms with van der Waals surface area (Å²) in [5.41, 5.74) is 2.83. The minimum atomic E-state index is -0.0548. The van der Waals surface area contributed by atoms with Crippen LogP contribution in [0.1, 0.15) is 43.1 Å². The molecule has 0 unspecified atom stereocenters. The smallest absolute Gasteiger partial charge is 0.252 e. The van der Waals surface area contributed by atoms with Crippen molar-refractivity contribution in [1.82, 2.24) is 10.3 Å². The Labute approximate surface area is 144 Å². The summed E-state index contributed by atoms with van der Waals surface area (Å²) in [4.78, 5) is 18.8. The van der Waals surface area contributed by atoms with Crippen LogP contribution in [0, 0.1) is 5.92 Å². The molecule has 1 amide bonds. The number of anilines is 1. The fraction of sp³-hybridized carbons (Fsp3) is 0.400. The molecule has 128 valence electrons. The Balaban J connectivity index is 2.05. The van der Waals surface area contributed by atoms with Gasteiger partial charge < -0.3 is 10.2 Å². The van der Waals surface area contributed by atoms with Crippen molar-refractivity contribution >= 4 is 11.6 Å². The number of carbonyl (C=O) groups excluding carboxylic acids is 1. The molecule has 0 aliphatic rings. The Morgan fingerprint density at radius 2 is 1.96 bits per heavy atom. The third-order valence-corrected chi connectivity index (χ3v) is 3.96. The first-order chi connectivity index (χ1) is 11.6. The zero-order valence-corrected chi connectivity index (χ0v) is 14.8. The van der Waals surface area contributed by atoms with Crippen LogP contribution in [0.15, 0.2) is 48.8 Å². The van der Waals surface area contributed by atoms with Gasteiger partial charge in [-0.05, 0) is 30.9 Å². The second kappa shape index (κ2) is 9.06. The van der Waals surface area contributed by atoms with E-state index in [1.165, 1.54) is 5.56 Å². The van der Waals surface area contributed by atoms with Crippen molar-refractivity contribution < 1.29 is 4.79 Å². The quantitative estimate of drug-likeness (QED) is 0.801. The maximum atomic E-state index is 12.3. The Morgan fingerprint density at radius 1 is 1.21 bits per heavy atom. The first-order valence-corrected chi connectivity index (χ1v) is 8.62. The fourth-order valence-electron chi connectivity index (χ4n) is 2.49. The molecule has 0 spiro atoms. The predicted octanol–water partition coefficient (Wildman–Crippen LogP) is 3.88. The van der Waals surface area contributed by atoms with Gasteiger partial charge in [-0.25, -0.2) is 0 Å². The topological polar surface area (TPSA) is 45.2 Å². The average Bonchev–Trinajstić information content (AvgIpc) is 2.60. The highest BCUT2D eigenvalue weighted by molar-refractivity contribution is 5.94.